The van der Waals surface area contributed by atoms with Gasteiger partial charge < -0.3 is 14.8 Å². The first-order valence-corrected chi connectivity index (χ1v) is 9.17. The summed E-state index contributed by atoms with van der Waals surface area (Å²) in [5.74, 6) is 0.968. The molecule has 2 amide bonds. The fourth-order valence-corrected chi connectivity index (χ4v) is 3.71. The molecule has 1 aliphatic heterocycles. The van der Waals surface area contributed by atoms with Gasteiger partial charge in [0.15, 0.2) is 0 Å². The number of benzene rings is 1. The molecule has 136 valence electrons. The Hall–Kier alpha value is -2.83. The van der Waals surface area contributed by atoms with Crippen molar-refractivity contribution in [3.05, 3.63) is 48.5 Å². The summed E-state index contributed by atoms with van der Waals surface area (Å²) >= 11 is 0. The molecule has 26 heavy (non-hydrogen) atoms. The number of carbonyl (C=O) groups is 1. The second-order valence-corrected chi connectivity index (χ2v) is 6.72. The van der Waals surface area contributed by atoms with Gasteiger partial charge in [0.25, 0.3) is 0 Å². The smallest absolute Gasteiger partial charge is 0.318 e. The molecule has 4 rings (SSSR count). The quantitative estimate of drug-likeness (QED) is 0.718. The summed E-state index contributed by atoms with van der Waals surface area (Å²) < 4.78 is 3.99. The maximum atomic E-state index is 12.7. The number of imidazole rings is 1. The molecule has 1 saturated heterocycles. The third-order valence-corrected chi connectivity index (χ3v) is 5.03. The summed E-state index contributed by atoms with van der Waals surface area (Å²) in [7, 11) is 2.03. The number of carbonyl (C=O) groups excluding carboxylic acids is 1. The number of nitrogens with one attached hydrogen (secondary N) is 1. The number of amides is 2. The van der Waals surface area contributed by atoms with Crippen LogP contribution in [-0.2, 0) is 13.6 Å². The molecule has 0 aliphatic carbocycles. The van der Waals surface area contributed by atoms with Crippen LogP contribution in [0.25, 0.3) is 11.0 Å². The van der Waals surface area contributed by atoms with E-state index in [0.29, 0.717) is 6.54 Å². The Bertz CT molecular complexity index is 885. The molecule has 1 fully saturated rings. The zero-order valence-electron chi connectivity index (χ0n) is 15.0. The number of hydrogen-bond donors (Lipinski definition) is 1. The summed E-state index contributed by atoms with van der Waals surface area (Å²) in [6, 6.07) is 10.1. The Morgan fingerprint density at radius 3 is 3.00 bits per heavy atom. The number of aryl methyl sites for hydroxylation is 2. The molecule has 3 heterocycles. The lowest BCUT2D eigenvalue weighted by atomic mass is 10.2. The molecule has 3 aromatic rings. The Balaban J connectivity index is 1.40. The molecule has 0 saturated carbocycles. The normalized spacial score (nSPS) is 17.1. The van der Waals surface area contributed by atoms with Crippen LogP contribution in [0, 0.1) is 0 Å². The van der Waals surface area contributed by atoms with E-state index in [-0.39, 0.29) is 12.1 Å². The maximum absolute atomic E-state index is 12.7. The van der Waals surface area contributed by atoms with Crippen molar-refractivity contribution < 1.29 is 4.79 Å². The van der Waals surface area contributed by atoms with E-state index in [2.05, 4.69) is 21.0 Å². The molecule has 1 aromatic carbocycles. The van der Waals surface area contributed by atoms with Crippen molar-refractivity contribution in [3.8, 4) is 0 Å². The first-order valence-electron chi connectivity index (χ1n) is 9.17. The van der Waals surface area contributed by atoms with E-state index < -0.39 is 0 Å². The molecule has 1 N–H and O–H groups in total. The Kier molecular flexibility index (Phi) is 4.60. The number of hydrogen-bond acceptors (Lipinski definition) is 3. The fraction of sp³-hybridized carbons (Fsp3) is 0.421. The van der Waals surface area contributed by atoms with Gasteiger partial charge in [0.2, 0.25) is 0 Å². The summed E-state index contributed by atoms with van der Waals surface area (Å²) in [4.78, 5) is 19.4. The second-order valence-electron chi connectivity index (χ2n) is 6.72. The van der Waals surface area contributed by atoms with Crippen LogP contribution in [-0.4, -0.2) is 43.4 Å². The maximum Gasteiger partial charge on any atom is 0.318 e. The first-order chi connectivity index (χ1) is 12.7. The lowest BCUT2D eigenvalue weighted by Gasteiger charge is -2.24. The van der Waals surface area contributed by atoms with Crippen LogP contribution in [0.1, 0.15) is 31.1 Å². The van der Waals surface area contributed by atoms with Crippen LogP contribution < -0.4 is 5.32 Å². The Morgan fingerprint density at radius 2 is 2.19 bits per heavy atom. The van der Waals surface area contributed by atoms with Crippen LogP contribution in [0.2, 0.25) is 0 Å². The molecule has 0 unspecified atom stereocenters. The summed E-state index contributed by atoms with van der Waals surface area (Å²) in [6.45, 7) is 2.23. The van der Waals surface area contributed by atoms with Crippen molar-refractivity contribution in [2.75, 3.05) is 13.1 Å². The van der Waals surface area contributed by atoms with Crippen LogP contribution in [0.5, 0.6) is 0 Å². The van der Waals surface area contributed by atoms with Gasteiger partial charge in [-0.15, -0.1) is 0 Å². The summed E-state index contributed by atoms with van der Waals surface area (Å²) in [6.07, 6.45) is 6.53. The second kappa shape index (κ2) is 7.19. The van der Waals surface area contributed by atoms with E-state index in [1.165, 1.54) is 0 Å². The Labute approximate surface area is 152 Å². The molecule has 7 heteroatoms. The van der Waals surface area contributed by atoms with Crippen molar-refractivity contribution >= 4 is 17.1 Å². The van der Waals surface area contributed by atoms with Gasteiger partial charge in [0.05, 0.1) is 17.1 Å². The highest BCUT2D eigenvalue weighted by molar-refractivity contribution is 5.77. The number of fused-ring (bicyclic) bond motifs is 1. The van der Waals surface area contributed by atoms with Gasteiger partial charge in [0, 0.05) is 39.1 Å². The monoisotopic (exact) mass is 352 g/mol. The van der Waals surface area contributed by atoms with Crippen LogP contribution in [0.4, 0.5) is 4.79 Å². The molecule has 0 bridgehead atoms. The average Bonchev–Trinajstić information content (AvgIpc) is 3.39. The molecule has 7 nitrogen and oxygen atoms in total. The topological polar surface area (TPSA) is 68.0 Å². The average molecular weight is 352 g/mol. The lowest BCUT2D eigenvalue weighted by molar-refractivity contribution is 0.190. The van der Waals surface area contributed by atoms with E-state index in [0.717, 1.165) is 49.2 Å². The number of urea groups is 1. The minimum atomic E-state index is 0.0000198. The molecule has 0 spiro atoms. The highest BCUT2D eigenvalue weighted by atomic mass is 16.2. The van der Waals surface area contributed by atoms with Crippen molar-refractivity contribution in [3.63, 3.8) is 0 Å². The van der Waals surface area contributed by atoms with Gasteiger partial charge in [-0.05, 0) is 37.5 Å². The summed E-state index contributed by atoms with van der Waals surface area (Å²) in [5, 5.41) is 7.22. The highest BCUT2D eigenvalue weighted by Crippen LogP contribution is 2.32. The molecular formula is C19H24N6O. The largest absolute Gasteiger partial charge is 0.338 e. The van der Waals surface area contributed by atoms with E-state index in [9.17, 15) is 4.79 Å². The molecule has 0 radical (unpaired) electrons. The van der Waals surface area contributed by atoms with Gasteiger partial charge in [-0.25, -0.2) is 9.78 Å². The zero-order valence-corrected chi connectivity index (χ0v) is 15.0. The highest BCUT2D eigenvalue weighted by Gasteiger charge is 2.33. The van der Waals surface area contributed by atoms with Crippen molar-refractivity contribution in [1.29, 1.82) is 0 Å². The lowest BCUT2D eigenvalue weighted by Crippen LogP contribution is -2.40. The zero-order chi connectivity index (χ0) is 17.9. The van der Waals surface area contributed by atoms with Crippen LogP contribution >= 0.6 is 0 Å². The molecule has 2 aromatic heterocycles. The molecule has 1 aliphatic rings. The van der Waals surface area contributed by atoms with Crippen molar-refractivity contribution in [2.45, 2.75) is 31.8 Å². The van der Waals surface area contributed by atoms with Crippen molar-refractivity contribution in [1.82, 2.24) is 29.5 Å². The van der Waals surface area contributed by atoms with Gasteiger partial charge in [-0.2, -0.15) is 5.10 Å². The third kappa shape index (κ3) is 3.16. The Morgan fingerprint density at radius 1 is 1.31 bits per heavy atom. The summed E-state index contributed by atoms with van der Waals surface area (Å²) in [5.41, 5.74) is 2.09. The van der Waals surface area contributed by atoms with E-state index in [1.807, 2.05) is 47.1 Å². The minimum absolute atomic E-state index is 0.0000198. The number of nitrogens with zero attached hydrogens (tertiary/aromatic N) is 5. The first kappa shape index (κ1) is 16.6. The van der Waals surface area contributed by atoms with Crippen molar-refractivity contribution in [2.24, 2.45) is 7.05 Å². The minimum Gasteiger partial charge on any atom is -0.338 e. The van der Waals surface area contributed by atoms with Gasteiger partial charge >= 0.3 is 6.03 Å². The number of likely N-dealkylation sites (tertiary alicyclic amines) is 1. The van der Waals surface area contributed by atoms with Crippen LogP contribution in [0.15, 0.2) is 42.7 Å². The van der Waals surface area contributed by atoms with Gasteiger partial charge in [0.1, 0.15) is 5.82 Å². The predicted molar refractivity (Wildman–Crippen MR) is 99.6 cm³/mol. The van der Waals surface area contributed by atoms with E-state index >= 15 is 0 Å². The standard InChI is InChI=1S/C19H24N6O/c1-23-16-8-3-2-7-15(16)22-18(23)17-9-4-14-25(17)19(26)20-10-5-12-24-13-6-11-21-24/h2-3,6-8,11,13,17H,4-5,9-10,12,14H2,1H3,(H,20,26)/t17-/m0/s1. The van der Waals surface area contributed by atoms with Gasteiger partial charge in [-0.3, -0.25) is 4.68 Å². The fourth-order valence-electron chi connectivity index (χ4n) is 3.71. The predicted octanol–water partition coefficient (Wildman–Crippen LogP) is 2.71. The van der Waals surface area contributed by atoms with E-state index in [4.69, 9.17) is 4.98 Å². The molecular weight excluding hydrogens is 328 g/mol. The number of aromatic nitrogens is 4. The van der Waals surface area contributed by atoms with Crippen LogP contribution in [0.3, 0.4) is 0 Å². The molecule has 1 atom stereocenters. The van der Waals surface area contributed by atoms with E-state index in [1.54, 1.807) is 6.20 Å². The number of rotatable bonds is 5. The number of para-hydroxylation sites is 2. The van der Waals surface area contributed by atoms with Gasteiger partial charge in [-0.1, -0.05) is 12.1 Å². The SMILES string of the molecule is Cn1c([C@@H]2CCCN2C(=O)NCCCn2cccn2)nc2ccccc21. The third-order valence-electron chi connectivity index (χ3n) is 5.03.